The van der Waals surface area contributed by atoms with E-state index in [9.17, 15) is 9.18 Å². The smallest absolute Gasteiger partial charge is 0.258 e. The Hall–Kier alpha value is -3.41. The van der Waals surface area contributed by atoms with Gasteiger partial charge in [0.05, 0.1) is 6.54 Å². The summed E-state index contributed by atoms with van der Waals surface area (Å²) in [5.41, 5.74) is 2.39. The van der Waals surface area contributed by atoms with E-state index in [1.807, 2.05) is 36.4 Å². The van der Waals surface area contributed by atoms with Gasteiger partial charge in [-0.2, -0.15) is 0 Å². The van der Waals surface area contributed by atoms with E-state index in [1.165, 1.54) is 6.07 Å². The van der Waals surface area contributed by atoms with E-state index >= 15 is 0 Å². The third-order valence-corrected chi connectivity index (χ3v) is 4.49. The van der Waals surface area contributed by atoms with Crippen molar-refractivity contribution < 1.29 is 18.7 Å². The Morgan fingerprint density at radius 3 is 2.82 bits per heavy atom. The van der Waals surface area contributed by atoms with Gasteiger partial charge in [0, 0.05) is 29.9 Å². The van der Waals surface area contributed by atoms with Crippen molar-refractivity contribution in [1.82, 2.24) is 10.3 Å². The summed E-state index contributed by atoms with van der Waals surface area (Å²) in [6, 6.07) is 16.2. The van der Waals surface area contributed by atoms with Crippen molar-refractivity contribution in [3.05, 3.63) is 78.4 Å². The second-order valence-corrected chi connectivity index (χ2v) is 6.54. The topological polar surface area (TPSA) is 60.5 Å². The highest BCUT2D eigenvalue weighted by atomic mass is 19.1. The Balaban J connectivity index is 1.33. The average Bonchev–Trinajstić information content (AvgIpc) is 3.16. The zero-order valence-electron chi connectivity index (χ0n) is 15.1. The van der Waals surface area contributed by atoms with Crippen LogP contribution >= 0.6 is 0 Å². The molecule has 0 unspecified atom stereocenters. The number of pyridine rings is 1. The summed E-state index contributed by atoms with van der Waals surface area (Å²) in [6.45, 7) is 0.205. The highest BCUT2D eigenvalue weighted by Crippen LogP contribution is 2.35. The van der Waals surface area contributed by atoms with Crippen LogP contribution in [0, 0.1) is 5.82 Å². The number of halogens is 1. The molecule has 28 heavy (non-hydrogen) atoms. The summed E-state index contributed by atoms with van der Waals surface area (Å²) in [6.07, 6.45) is 3.59. The highest BCUT2D eigenvalue weighted by Gasteiger charge is 2.27. The number of nitrogens with zero attached hydrogens (tertiary/aromatic N) is 1. The largest absolute Gasteiger partial charge is 0.485 e. The number of hydrogen-bond acceptors (Lipinski definition) is 4. The molecule has 0 saturated heterocycles. The van der Waals surface area contributed by atoms with Crippen LogP contribution in [0.4, 0.5) is 4.39 Å². The SMILES string of the molecule is O=C(COc1ccccc1)NC[C@@H]1Cc2cc(-c3cccnc3)cc(F)c2O1. The van der Waals surface area contributed by atoms with Crippen molar-refractivity contribution in [2.24, 2.45) is 0 Å². The van der Waals surface area contributed by atoms with Crippen LogP contribution in [0.5, 0.6) is 11.5 Å². The summed E-state index contributed by atoms with van der Waals surface area (Å²) >= 11 is 0. The van der Waals surface area contributed by atoms with Gasteiger partial charge in [0.2, 0.25) is 0 Å². The maximum absolute atomic E-state index is 14.5. The number of nitrogens with one attached hydrogen (secondary N) is 1. The lowest BCUT2D eigenvalue weighted by molar-refractivity contribution is -0.123. The van der Waals surface area contributed by atoms with Crippen molar-refractivity contribution in [3.63, 3.8) is 0 Å². The number of rotatable bonds is 6. The van der Waals surface area contributed by atoms with Gasteiger partial charge in [0.1, 0.15) is 11.9 Å². The van der Waals surface area contributed by atoms with Crippen LogP contribution in [0.2, 0.25) is 0 Å². The number of ether oxygens (including phenoxy) is 2. The number of hydrogen-bond donors (Lipinski definition) is 1. The molecule has 1 amide bonds. The molecule has 6 heteroatoms. The molecule has 0 bridgehead atoms. The predicted molar refractivity (Wildman–Crippen MR) is 103 cm³/mol. The highest BCUT2D eigenvalue weighted by molar-refractivity contribution is 5.77. The maximum Gasteiger partial charge on any atom is 0.258 e. The monoisotopic (exact) mass is 378 g/mol. The molecule has 142 valence electrons. The molecule has 0 spiro atoms. The van der Waals surface area contributed by atoms with Gasteiger partial charge >= 0.3 is 0 Å². The molecule has 1 aromatic heterocycles. The lowest BCUT2D eigenvalue weighted by Gasteiger charge is -2.12. The van der Waals surface area contributed by atoms with Gasteiger partial charge in [-0.25, -0.2) is 4.39 Å². The van der Waals surface area contributed by atoms with Crippen molar-refractivity contribution in [2.75, 3.05) is 13.2 Å². The van der Waals surface area contributed by atoms with Gasteiger partial charge in [-0.3, -0.25) is 9.78 Å². The molecule has 1 N–H and O–H groups in total. The summed E-state index contributed by atoms with van der Waals surface area (Å²) in [4.78, 5) is 16.1. The molecule has 2 heterocycles. The number of para-hydroxylation sites is 1. The van der Waals surface area contributed by atoms with E-state index in [0.717, 1.165) is 16.7 Å². The summed E-state index contributed by atoms with van der Waals surface area (Å²) < 4.78 is 25.6. The Kier molecular flexibility index (Phi) is 5.19. The van der Waals surface area contributed by atoms with Crippen LogP contribution in [0.1, 0.15) is 5.56 Å². The first-order valence-corrected chi connectivity index (χ1v) is 9.03. The van der Waals surface area contributed by atoms with Gasteiger partial charge in [0.15, 0.2) is 18.2 Å². The molecule has 2 aromatic carbocycles. The van der Waals surface area contributed by atoms with Gasteiger partial charge in [-0.1, -0.05) is 24.3 Å². The Bertz CT molecular complexity index is 964. The molecule has 0 saturated carbocycles. The molecule has 0 fully saturated rings. The van der Waals surface area contributed by atoms with Crippen molar-refractivity contribution in [2.45, 2.75) is 12.5 Å². The van der Waals surface area contributed by atoms with Gasteiger partial charge in [-0.05, 0) is 35.9 Å². The standard InChI is InChI=1S/C22H19FN2O3/c23-20-11-16(15-5-4-8-24-12-15)9-17-10-19(28-22(17)20)13-25-21(26)14-27-18-6-2-1-3-7-18/h1-9,11-12,19H,10,13-14H2,(H,25,26)/t19-/m0/s1. The van der Waals surface area contributed by atoms with Crippen molar-refractivity contribution in [3.8, 4) is 22.6 Å². The normalized spacial score (nSPS) is 14.8. The number of benzene rings is 2. The molecule has 5 nitrogen and oxygen atoms in total. The minimum absolute atomic E-state index is 0.0802. The van der Waals surface area contributed by atoms with Crippen molar-refractivity contribution >= 4 is 5.91 Å². The molecule has 1 aliphatic heterocycles. The van der Waals surface area contributed by atoms with E-state index in [2.05, 4.69) is 10.3 Å². The first-order chi connectivity index (χ1) is 13.7. The van der Waals surface area contributed by atoms with Crippen LogP contribution in [0.15, 0.2) is 67.0 Å². The Morgan fingerprint density at radius 1 is 1.18 bits per heavy atom. The second kappa shape index (κ2) is 8.08. The van der Waals surface area contributed by atoms with Crippen LogP contribution in [-0.2, 0) is 11.2 Å². The zero-order chi connectivity index (χ0) is 19.3. The quantitative estimate of drug-likeness (QED) is 0.714. The number of carbonyl (C=O) groups is 1. The molecular weight excluding hydrogens is 359 g/mol. The number of carbonyl (C=O) groups excluding carboxylic acids is 1. The zero-order valence-corrected chi connectivity index (χ0v) is 15.1. The number of aromatic nitrogens is 1. The molecule has 1 aliphatic rings. The molecule has 0 aliphatic carbocycles. The minimum Gasteiger partial charge on any atom is -0.485 e. The predicted octanol–water partition coefficient (Wildman–Crippen LogP) is 3.39. The average molecular weight is 378 g/mol. The van der Waals surface area contributed by atoms with Gasteiger partial charge < -0.3 is 14.8 Å². The third kappa shape index (κ3) is 4.11. The Labute approximate surface area is 162 Å². The Morgan fingerprint density at radius 2 is 2.04 bits per heavy atom. The number of fused-ring (bicyclic) bond motifs is 1. The van der Waals surface area contributed by atoms with Gasteiger partial charge in [-0.15, -0.1) is 0 Å². The van der Waals surface area contributed by atoms with E-state index in [4.69, 9.17) is 9.47 Å². The fraction of sp³-hybridized carbons (Fsp3) is 0.182. The maximum atomic E-state index is 14.5. The summed E-state index contributed by atoms with van der Waals surface area (Å²) in [5.74, 6) is 0.233. The van der Waals surface area contributed by atoms with Crippen LogP contribution in [0.25, 0.3) is 11.1 Å². The van der Waals surface area contributed by atoms with E-state index in [0.29, 0.717) is 12.2 Å². The van der Waals surface area contributed by atoms with E-state index < -0.39 is 5.82 Å². The molecule has 3 aromatic rings. The van der Waals surface area contributed by atoms with E-state index in [-0.39, 0.29) is 30.9 Å². The lowest BCUT2D eigenvalue weighted by Crippen LogP contribution is -2.37. The van der Waals surface area contributed by atoms with Crippen LogP contribution in [0.3, 0.4) is 0 Å². The molecular formula is C22H19FN2O3. The third-order valence-electron chi connectivity index (χ3n) is 4.49. The summed E-state index contributed by atoms with van der Waals surface area (Å²) in [5, 5.41) is 2.77. The fourth-order valence-electron chi connectivity index (χ4n) is 3.15. The fourth-order valence-corrected chi connectivity index (χ4v) is 3.15. The lowest BCUT2D eigenvalue weighted by atomic mass is 10.0. The minimum atomic E-state index is -0.405. The molecule has 4 rings (SSSR count). The van der Waals surface area contributed by atoms with Gasteiger partial charge in [0.25, 0.3) is 5.91 Å². The van der Waals surface area contributed by atoms with Crippen LogP contribution < -0.4 is 14.8 Å². The molecule has 1 atom stereocenters. The van der Waals surface area contributed by atoms with Crippen LogP contribution in [-0.4, -0.2) is 30.1 Å². The first-order valence-electron chi connectivity index (χ1n) is 9.03. The van der Waals surface area contributed by atoms with E-state index in [1.54, 1.807) is 24.5 Å². The van der Waals surface area contributed by atoms with Crippen molar-refractivity contribution in [1.29, 1.82) is 0 Å². The molecule has 0 radical (unpaired) electrons. The summed E-state index contributed by atoms with van der Waals surface area (Å²) in [7, 11) is 0. The second-order valence-electron chi connectivity index (χ2n) is 6.54. The number of amides is 1. The first kappa shape index (κ1) is 18.0.